The minimum Gasteiger partial charge on any atom is -0.487 e. The maximum atomic E-state index is 12.0. The smallest absolute Gasteiger partial charge is 0.243 e. The standard InChI is InChI=1S/C18H19ClN2O2/c1-13(2)12-23-17-6-4-3-5-16(17)20-11-18(22)21-15-9-7-14(19)8-10-15/h3-10,20H,1,11-12H2,2H3,(H,21,22). The van der Waals surface area contributed by atoms with Crippen LogP contribution >= 0.6 is 11.6 Å². The Labute approximate surface area is 141 Å². The van der Waals surface area contributed by atoms with Crippen LogP contribution in [0.5, 0.6) is 5.75 Å². The van der Waals surface area contributed by atoms with Gasteiger partial charge in [0, 0.05) is 10.7 Å². The predicted octanol–water partition coefficient (Wildman–Crippen LogP) is 4.35. The maximum Gasteiger partial charge on any atom is 0.243 e. The lowest BCUT2D eigenvalue weighted by atomic mass is 10.3. The monoisotopic (exact) mass is 330 g/mol. The van der Waals surface area contributed by atoms with Crippen molar-refractivity contribution >= 4 is 28.9 Å². The van der Waals surface area contributed by atoms with E-state index in [-0.39, 0.29) is 12.5 Å². The minimum absolute atomic E-state index is 0.135. The molecule has 0 bridgehead atoms. The molecule has 2 N–H and O–H groups in total. The number of hydrogen-bond donors (Lipinski definition) is 2. The summed E-state index contributed by atoms with van der Waals surface area (Å²) in [5, 5.41) is 6.50. The van der Waals surface area contributed by atoms with Crippen molar-refractivity contribution < 1.29 is 9.53 Å². The van der Waals surface area contributed by atoms with Crippen LogP contribution in [-0.4, -0.2) is 19.1 Å². The van der Waals surface area contributed by atoms with E-state index in [1.54, 1.807) is 24.3 Å². The van der Waals surface area contributed by atoms with Gasteiger partial charge in [-0.05, 0) is 48.9 Å². The Morgan fingerprint density at radius 2 is 1.87 bits per heavy atom. The molecule has 2 aromatic rings. The zero-order chi connectivity index (χ0) is 16.7. The number of halogens is 1. The number of nitrogens with one attached hydrogen (secondary N) is 2. The normalized spacial score (nSPS) is 10.0. The van der Waals surface area contributed by atoms with Crippen LogP contribution in [0.15, 0.2) is 60.7 Å². The second kappa shape index (κ2) is 8.25. The molecule has 0 saturated heterocycles. The summed E-state index contributed by atoms with van der Waals surface area (Å²) in [5.41, 5.74) is 2.40. The molecule has 0 spiro atoms. The van der Waals surface area contributed by atoms with Gasteiger partial charge in [-0.1, -0.05) is 30.3 Å². The number of anilines is 2. The van der Waals surface area contributed by atoms with Gasteiger partial charge in [-0.15, -0.1) is 0 Å². The lowest BCUT2D eigenvalue weighted by Gasteiger charge is -2.13. The van der Waals surface area contributed by atoms with Gasteiger partial charge in [-0.25, -0.2) is 0 Å². The maximum absolute atomic E-state index is 12.0. The van der Waals surface area contributed by atoms with Crippen molar-refractivity contribution in [3.05, 3.63) is 65.7 Å². The molecule has 0 aliphatic heterocycles. The molecule has 2 rings (SSSR count). The molecule has 23 heavy (non-hydrogen) atoms. The summed E-state index contributed by atoms with van der Waals surface area (Å²) in [7, 11) is 0. The van der Waals surface area contributed by atoms with Gasteiger partial charge < -0.3 is 15.4 Å². The number of ether oxygens (including phenoxy) is 1. The van der Waals surface area contributed by atoms with E-state index in [2.05, 4.69) is 17.2 Å². The van der Waals surface area contributed by atoms with Gasteiger partial charge in [0.2, 0.25) is 5.91 Å². The Morgan fingerprint density at radius 1 is 1.17 bits per heavy atom. The van der Waals surface area contributed by atoms with Crippen LogP contribution in [0.4, 0.5) is 11.4 Å². The molecule has 0 aliphatic rings. The predicted molar refractivity (Wildman–Crippen MR) is 95.3 cm³/mol. The number of benzene rings is 2. The fourth-order valence-electron chi connectivity index (χ4n) is 1.85. The van der Waals surface area contributed by atoms with E-state index in [1.807, 2.05) is 31.2 Å². The molecule has 2 aromatic carbocycles. The van der Waals surface area contributed by atoms with Crippen molar-refractivity contribution in [1.82, 2.24) is 0 Å². The van der Waals surface area contributed by atoms with Crippen LogP contribution in [0.25, 0.3) is 0 Å². The second-order valence-corrected chi connectivity index (χ2v) is 5.59. The summed E-state index contributed by atoms with van der Waals surface area (Å²) in [6.45, 7) is 6.28. The first-order valence-corrected chi connectivity index (χ1v) is 7.58. The molecular formula is C18H19ClN2O2. The van der Waals surface area contributed by atoms with E-state index >= 15 is 0 Å². The zero-order valence-corrected chi connectivity index (χ0v) is 13.7. The lowest BCUT2D eigenvalue weighted by Crippen LogP contribution is -2.22. The summed E-state index contributed by atoms with van der Waals surface area (Å²) in [6, 6.07) is 14.4. The van der Waals surface area contributed by atoms with Crippen LogP contribution in [0.3, 0.4) is 0 Å². The van der Waals surface area contributed by atoms with Gasteiger partial charge in [0.15, 0.2) is 0 Å². The van der Waals surface area contributed by atoms with Crippen LogP contribution < -0.4 is 15.4 Å². The van der Waals surface area contributed by atoms with Crippen LogP contribution in [0, 0.1) is 0 Å². The number of carbonyl (C=O) groups is 1. The summed E-state index contributed by atoms with van der Waals surface area (Å²) >= 11 is 5.81. The molecule has 4 nitrogen and oxygen atoms in total. The van der Waals surface area contributed by atoms with Crippen molar-refractivity contribution in [2.75, 3.05) is 23.8 Å². The van der Waals surface area contributed by atoms with Gasteiger partial charge in [-0.2, -0.15) is 0 Å². The van der Waals surface area contributed by atoms with Crippen molar-refractivity contribution in [3.63, 3.8) is 0 Å². The Balaban J connectivity index is 1.91. The van der Waals surface area contributed by atoms with Crippen molar-refractivity contribution in [3.8, 4) is 5.75 Å². The molecular weight excluding hydrogens is 312 g/mol. The van der Waals surface area contributed by atoms with Crippen molar-refractivity contribution in [2.45, 2.75) is 6.92 Å². The Bertz CT molecular complexity index is 684. The van der Waals surface area contributed by atoms with E-state index in [4.69, 9.17) is 16.3 Å². The van der Waals surface area contributed by atoms with E-state index < -0.39 is 0 Å². The van der Waals surface area contributed by atoms with Crippen LogP contribution in [-0.2, 0) is 4.79 Å². The highest BCUT2D eigenvalue weighted by molar-refractivity contribution is 6.30. The number of rotatable bonds is 7. The molecule has 0 aromatic heterocycles. The first-order chi connectivity index (χ1) is 11.0. The number of para-hydroxylation sites is 2. The van der Waals surface area contributed by atoms with Gasteiger partial charge in [0.05, 0.1) is 12.2 Å². The summed E-state index contributed by atoms with van der Waals surface area (Å²) in [4.78, 5) is 12.0. The summed E-state index contributed by atoms with van der Waals surface area (Å²) < 4.78 is 5.65. The Hall–Kier alpha value is -2.46. The fourth-order valence-corrected chi connectivity index (χ4v) is 1.98. The van der Waals surface area contributed by atoms with Crippen molar-refractivity contribution in [2.24, 2.45) is 0 Å². The van der Waals surface area contributed by atoms with Crippen LogP contribution in [0.1, 0.15) is 6.92 Å². The Morgan fingerprint density at radius 3 is 2.57 bits per heavy atom. The van der Waals surface area contributed by atoms with Gasteiger partial charge in [-0.3, -0.25) is 4.79 Å². The topological polar surface area (TPSA) is 50.4 Å². The highest BCUT2D eigenvalue weighted by Gasteiger charge is 2.06. The summed E-state index contributed by atoms with van der Waals surface area (Å²) in [6.07, 6.45) is 0. The minimum atomic E-state index is -0.151. The third kappa shape index (κ3) is 5.68. The molecule has 0 unspecified atom stereocenters. The molecule has 120 valence electrons. The molecule has 0 saturated carbocycles. The third-order valence-corrected chi connectivity index (χ3v) is 3.18. The zero-order valence-electron chi connectivity index (χ0n) is 12.9. The molecule has 0 atom stereocenters. The van der Waals surface area contributed by atoms with E-state index in [0.29, 0.717) is 23.1 Å². The van der Waals surface area contributed by atoms with E-state index in [0.717, 1.165) is 11.3 Å². The number of amides is 1. The van der Waals surface area contributed by atoms with Crippen molar-refractivity contribution in [1.29, 1.82) is 0 Å². The fraction of sp³-hybridized carbons (Fsp3) is 0.167. The second-order valence-electron chi connectivity index (χ2n) is 5.15. The first kappa shape index (κ1) is 16.9. The molecule has 0 radical (unpaired) electrons. The molecule has 1 amide bonds. The third-order valence-electron chi connectivity index (χ3n) is 2.93. The van der Waals surface area contributed by atoms with Gasteiger partial charge in [0.25, 0.3) is 0 Å². The first-order valence-electron chi connectivity index (χ1n) is 7.20. The highest BCUT2D eigenvalue weighted by Crippen LogP contribution is 2.24. The average molecular weight is 331 g/mol. The average Bonchev–Trinajstić information content (AvgIpc) is 2.54. The number of carbonyl (C=O) groups excluding carboxylic acids is 1. The lowest BCUT2D eigenvalue weighted by molar-refractivity contribution is -0.114. The van der Waals surface area contributed by atoms with E-state index in [1.165, 1.54) is 0 Å². The SMILES string of the molecule is C=C(C)COc1ccccc1NCC(=O)Nc1ccc(Cl)cc1. The molecule has 0 heterocycles. The Kier molecular flexibility index (Phi) is 6.06. The molecule has 5 heteroatoms. The van der Waals surface area contributed by atoms with Crippen LogP contribution in [0.2, 0.25) is 5.02 Å². The quantitative estimate of drug-likeness (QED) is 0.742. The van der Waals surface area contributed by atoms with Gasteiger partial charge >= 0.3 is 0 Å². The van der Waals surface area contributed by atoms with E-state index in [9.17, 15) is 4.79 Å². The van der Waals surface area contributed by atoms with Gasteiger partial charge in [0.1, 0.15) is 12.4 Å². The summed E-state index contributed by atoms with van der Waals surface area (Å²) in [5.74, 6) is 0.539. The largest absolute Gasteiger partial charge is 0.487 e. The molecule has 0 aliphatic carbocycles. The number of hydrogen-bond acceptors (Lipinski definition) is 3. The highest BCUT2D eigenvalue weighted by atomic mass is 35.5. The molecule has 0 fully saturated rings.